The first-order valence-corrected chi connectivity index (χ1v) is 4.84. The summed E-state index contributed by atoms with van der Waals surface area (Å²) in [6.45, 7) is 1.96. The highest BCUT2D eigenvalue weighted by Crippen LogP contribution is 2.20. The van der Waals surface area contributed by atoms with Crippen LogP contribution < -0.4 is 11.1 Å². The molecule has 0 saturated heterocycles. The molecule has 1 aliphatic carbocycles. The van der Waals surface area contributed by atoms with E-state index in [1.54, 1.807) is 6.07 Å². The lowest BCUT2D eigenvalue weighted by molar-refractivity contribution is 0.0952. The van der Waals surface area contributed by atoms with Crippen molar-refractivity contribution < 1.29 is 4.79 Å². The lowest BCUT2D eigenvalue weighted by atomic mass is 10.1. The summed E-state index contributed by atoms with van der Waals surface area (Å²) in [6, 6.07) is 5.88. The summed E-state index contributed by atoms with van der Waals surface area (Å²) in [5, 5.41) is 2.91. The van der Waals surface area contributed by atoms with Gasteiger partial charge < -0.3 is 11.1 Å². The summed E-state index contributed by atoms with van der Waals surface area (Å²) in [6.07, 6.45) is 2.19. The predicted molar refractivity (Wildman–Crippen MR) is 63.3 cm³/mol. The normalized spacial score (nSPS) is 14.2. The second kappa shape index (κ2) is 4.53. The molecule has 0 aromatic heterocycles. The SMILES string of the molecule is Cc1ccc(C(=O)NC2CC2)c(N)c1.Cl. The summed E-state index contributed by atoms with van der Waals surface area (Å²) in [5.74, 6) is -0.0509. The molecule has 82 valence electrons. The number of anilines is 1. The van der Waals surface area contributed by atoms with Crippen LogP contribution in [0.25, 0.3) is 0 Å². The van der Waals surface area contributed by atoms with Crippen molar-refractivity contribution in [2.75, 3.05) is 5.73 Å². The van der Waals surface area contributed by atoms with Crippen LogP contribution in [0.2, 0.25) is 0 Å². The molecule has 0 spiro atoms. The van der Waals surface area contributed by atoms with Gasteiger partial charge in [0.05, 0.1) is 5.56 Å². The van der Waals surface area contributed by atoms with Crippen molar-refractivity contribution in [3.63, 3.8) is 0 Å². The van der Waals surface area contributed by atoms with E-state index in [-0.39, 0.29) is 18.3 Å². The summed E-state index contributed by atoms with van der Waals surface area (Å²) in [5.41, 5.74) is 7.98. The zero-order chi connectivity index (χ0) is 10.1. The molecule has 0 unspecified atom stereocenters. The fourth-order valence-corrected chi connectivity index (χ4v) is 1.38. The number of nitrogens with two attached hydrogens (primary N) is 1. The third-order valence-corrected chi connectivity index (χ3v) is 2.36. The van der Waals surface area contributed by atoms with Crippen molar-refractivity contribution in [1.29, 1.82) is 0 Å². The Bertz CT molecular complexity index is 375. The quantitative estimate of drug-likeness (QED) is 0.757. The van der Waals surface area contributed by atoms with Gasteiger partial charge in [-0.15, -0.1) is 12.4 Å². The van der Waals surface area contributed by atoms with Crippen LogP contribution in [0.3, 0.4) is 0 Å². The molecule has 1 aromatic carbocycles. The Hall–Kier alpha value is -1.22. The molecule has 1 aliphatic rings. The van der Waals surface area contributed by atoms with Crippen LogP contribution in [-0.2, 0) is 0 Å². The fourth-order valence-electron chi connectivity index (χ4n) is 1.38. The Morgan fingerprint density at radius 3 is 2.67 bits per heavy atom. The van der Waals surface area contributed by atoms with Crippen molar-refractivity contribution in [3.8, 4) is 0 Å². The van der Waals surface area contributed by atoms with Crippen LogP contribution in [0, 0.1) is 6.92 Å². The molecule has 0 aliphatic heterocycles. The topological polar surface area (TPSA) is 55.1 Å². The average molecular weight is 227 g/mol. The molecule has 3 N–H and O–H groups in total. The zero-order valence-electron chi connectivity index (χ0n) is 8.62. The molecule has 3 nitrogen and oxygen atoms in total. The maximum absolute atomic E-state index is 11.6. The van der Waals surface area contributed by atoms with Crippen LogP contribution >= 0.6 is 12.4 Å². The highest BCUT2D eigenvalue weighted by Gasteiger charge is 2.24. The minimum atomic E-state index is -0.0509. The Balaban J connectivity index is 0.00000112. The Labute approximate surface area is 95.5 Å². The van der Waals surface area contributed by atoms with E-state index >= 15 is 0 Å². The maximum atomic E-state index is 11.6. The third-order valence-electron chi connectivity index (χ3n) is 2.36. The molecule has 1 fully saturated rings. The highest BCUT2D eigenvalue weighted by molar-refractivity contribution is 5.99. The van der Waals surface area contributed by atoms with Gasteiger partial charge in [0.1, 0.15) is 0 Å². The van der Waals surface area contributed by atoms with Gasteiger partial charge in [0.2, 0.25) is 0 Å². The first-order chi connectivity index (χ1) is 6.66. The van der Waals surface area contributed by atoms with Crippen molar-refractivity contribution in [2.24, 2.45) is 0 Å². The van der Waals surface area contributed by atoms with E-state index in [4.69, 9.17) is 5.73 Å². The number of carbonyl (C=O) groups is 1. The van der Waals surface area contributed by atoms with Gasteiger partial charge >= 0.3 is 0 Å². The standard InChI is InChI=1S/C11H14N2O.ClH/c1-7-2-5-9(10(12)6-7)11(14)13-8-3-4-8;/h2,5-6,8H,3-4,12H2,1H3,(H,13,14);1H. The van der Waals surface area contributed by atoms with Gasteiger partial charge in [-0.3, -0.25) is 4.79 Å². The van der Waals surface area contributed by atoms with E-state index in [1.807, 2.05) is 19.1 Å². The summed E-state index contributed by atoms with van der Waals surface area (Å²) >= 11 is 0. The minimum Gasteiger partial charge on any atom is -0.398 e. The van der Waals surface area contributed by atoms with E-state index < -0.39 is 0 Å². The Morgan fingerprint density at radius 1 is 1.47 bits per heavy atom. The summed E-state index contributed by atoms with van der Waals surface area (Å²) in [4.78, 5) is 11.6. The van der Waals surface area contributed by atoms with Crippen LogP contribution in [0.1, 0.15) is 28.8 Å². The van der Waals surface area contributed by atoms with Gasteiger partial charge in [-0.25, -0.2) is 0 Å². The molecule has 0 radical (unpaired) electrons. The zero-order valence-corrected chi connectivity index (χ0v) is 9.43. The fraction of sp³-hybridized carbons (Fsp3) is 0.364. The van der Waals surface area contributed by atoms with Gasteiger partial charge in [-0.2, -0.15) is 0 Å². The summed E-state index contributed by atoms with van der Waals surface area (Å²) in [7, 11) is 0. The number of aryl methyl sites for hydroxylation is 1. The van der Waals surface area contributed by atoms with Crippen LogP contribution in [-0.4, -0.2) is 11.9 Å². The third kappa shape index (κ3) is 2.86. The van der Waals surface area contributed by atoms with E-state index in [1.165, 1.54) is 0 Å². The van der Waals surface area contributed by atoms with Gasteiger partial charge in [-0.05, 0) is 37.5 Å². The minimum absolute atomic E-state index is 0. The van der Waals surface area contributed by atoms with Gasteiger partial charge in [0.15, 0.2) is 0 Å². The van der Waals surface area contributed by atoms with E-state index in [9.17, 15) is 4.79 Å². The molecule has 0 atom stereocenters. The first-order valence-electron chi connectivity index (χ1n) is 4.84. The molecule has 1 aromatic rings. The lowest BCUT2D eigenvalue weighted by Crippen LogP contribution is -2.26. The molecular formula is C11H15ClN2O. The molecule has 0 bridgehead atoms. The van der Waals surface area contributed by atoms with Crippen molar-refractivity contribution in [3.05, 3.63) is 29.3 Å². The van der Waals surface area contributed by atoms with Crippen LogP contribution in [0.15, 0.2) is 18.2 Å². The van der Waals surface area contributed by atoms with E-state index in [2.05, 4.69) is 5.32 Å². The molecular weight excluding hydrogens is 212 g/mol. The second-order valence-electron chi connectivity index (χ2n) is 3.84. The molecule has 1 saturated carbocycles. The van der Waals surface area contributed by atoms with Crippen molar-refractivity contribution in [2.45, 2.75) is 25.8 Å². The highest BCUT2D eigenvalue weighted by atomic mass is 35.5. The molecule has 1 amide bonds. The van der Waals surface area contributed by atoms with Crippen molar-refractivity contribution in [1.82, 2.24) is 5.32 Å². The van der Waals surface area contributed by atoms with E-state index in [0.717, 1.165) is 18.4 Å². The largest absolute Gasteiger partial charge is 0.398 e. The smallest absolute Gasteiger partial charge is 0.253 e. The number of amides is 1. The molecule has 4 heteroatoms. The van der Waals surface area contributed by atoms with Gasteiger partial charge in [0, 0.05) is 11.7 Å². The second-order valence-corrected chi connectivity index (χ2v) is 3.84. The Morgan fingerprint density at radius 2 is 2.13 bits per heavy atom. The molecule has 15 heavy (non-hydrogen) atoms. The number of carbonyl (C=O) groups excluding carboxylic acids is 1. The lowest BCUT2D eigenvalue weighted by Gasteiger charge is -2.06. The summed E-state index contributed by atoms with van der Waals surface area (Å²) < 4.78 is 0. The number of hydrogen-bond acceptors (Lipinski definition) is 2. The number of nitrogen functional groups attached to an aromatic ring is 1. The number of rotatable bonds is 2. The Kier molecular flexibility index (Phi) is 3.58. The average Bonchev–Trinajstić information content (AvgIpc) is 2.87. The van der Waals surface area contributed by atoms with Crippen molar-refractivity contribution >= 4 is 24.0 Å². The van der Waals surface area contributed by atoms with Crippen LogP contribution in [0.4, 0.5) is 5.69 Å². The number of benzene rings is 1. The van der Waals surface area contributed by atoms with Gasteiger partial charge in [0.25, 0.3) is 5.91 Å². The first kappa shape index (κ1) is 11.9. The van der Waals surface area contributed by atoms with E-state index in [0.29, 0.717) is 17.3 Å². The number of nitrogens with one attached hydrogen (secondary N) is 1. The molecule has 2 rings (SSSR count). The molecule has 0 heterocycles. The maximum Gasteiger partial charge on any atom is 0.253 e. The number of hydrogen-bond donors (Lipinski definition) is 2. The van der Waals surface area contributed by atoms with Gasteiger partial charge in [-0.1, -0.05) is 6.07 Å². The predicted octanol–water partition coefficient (Wildman–Crippen LogP) is 1.89. The monoisotopic (exact) mass is 226 g/mol. The number of halogens is 1. The van der Waals surface area contributed by atoms with Crippen LogP contribution in [0.5, 0.6) is 0 Å².